The number of benzene rings is 2. The second-order valence-corrected chi connectivity index (χ2v) is 5.18. The van der Waals surface area contributed by atoms with E-state index in [1.165, 1.54) is 12.1 Å². The smallest absolute Gasteiger partial charge is 0.182 e. The summed E-state index contributed by atoms with van der Waals surface area (Å²) in [6.07, 6.45) is 0. The fraction of sp³-hybridized carbons (Fsp3) is 0.0714. The highest BCUT2D eigenvalue weighted by Crippen LogP contribution is 2.26. The van der Waals surface area contributed by atoms with Crippen LogP contribution in [0.2, 0.25) is 5.02 Å². The average Bonchev–Trinajstić information content (AvgIpc) is 2.65. The van der Waals surface area contributed by atoms with E-state index in [0.717, 1.165) is 16.8 Å². The van der Waals surface area contributed by atoms with Crippen molar-refractivity contribution in [1.29, 1.82) is 0 Å². The lowest BCUT2D eigenvalue weighted by Gasteiger charge is -2.07. The Balaban J connectivity index is 2.36. The van der Waals surface area contributed by atoms with Crippen molar-refractivity contribution in [2.24, 2.45) is 0 Å². The van der Waals surface area contributed by atoms with Gasteiger partial charge in [-0.25, -0.2) is 4.39 Å². The molecule has 0 aliphatic carbocycles. The first-order valence-electron chi connectivity index (χ1n) is 5.73. The highest BCUT2D eigenvalue weighted by atomic mass is 35.5. The highest BCUT2D eigenvalue weighted by molar-refractivity contribution is 7.71. The molecule has 0 amide bonds. The van der Waals surface area contributed by atoms with E-state index in [1.807, 2.05) is 29.7 Å². The van der Waals surface area contributed by atoms with E-state index in [0.29, 0.717) is 15.3 Å². The van der Waals surface area contributed by atoms with Gasteiger partial charge in [-0.1, -0.05) is 17.7 Å². The minimum absolute atomic E-state index is 0.300. The van der Waals surface area contributed by atoms with Crippen LogP contribution < -0.4 is 0 Å². The first-order chi connectivity index (χ1) is 9.06. The van der Waals surface area contributed by atoms with E-state index in [9.17, 15) is 4.39 Å². The summed E-state index contributed by atoms with van der Waals surface area (Å²) in [5.74, 6) is -0.300. The second kappa shape index (κ2) is 4.47. The van der Waals surface area contributed by atoms with Gasteiger partial charge >= 0.3 is 0 Å². The number of halogens is 2. The van der Waals surface area contributed by atoms with Crippen molar-refractivity contribution in [2.75, 3.05) is 0 Å². The first-order valence-corrected chi connectivity index (χ1v) is 6.52. The number of aromatic amines is 1. The molecule has 3 aromatic rings. The number of nitrogens with one attached hydrogen (secondary N) is 1. The van der Waals surface area contributed by atoms with Gasteiger partial charge in [0.1, 0.15) is 5.82 Å². The van der Waals surface area contributed by atoms with Gasteiger partial charge in [0.15, 0.2) is 4.77 Å². The summed E-state index contributed by atoms with van der Waals surface area (Å²) in [6, 6.07) is 10.3. The van der Waals surface area contributed by atoms with Gasteiger partial charge in [0.25, 0.3) is 0 Å². The van der Waals surface area contributed by atoms with E-state index in [1.54, 1.807) is 6.07 Å². The Hall–Kier alpha value is -1.65. The molecule has 96 valence electrons. The third-order valence-corrected chi connectivity index (χ3v) is 3.58. The standard InChI is InChI=1S/C14H10ClFN2S/c1-8-2-4-12(10(15)6-8)18-13-5-3-9(16)7-11(13)17-14(18)19/h2-7H,1H3,(H,17,19). The Morgan fingerprint density at radius 3 is 2.74 bits per heavy atom. The molecule has 0 unspecified atom stereocenters. The first kappa shape index (κ1) is 12.4. The monoisotopic (exact) mass is 292 g/mol. The third kappa shape index (κ3) is 2.07. The van der Waals surface area contributed by atoms with Crippen molar-refractivity contribution in [2.45, 2.75) is 6.92 Å². The van der Waals surface area contributed by atoms with Crippen LogP contribution in [0.25, 0.3) is 16.7 Å². The molecule has 2 aromatic carbocycles. The Morgan fingerprint density at radius 1 is 1.21 bits per heavy atom. The van der Waals surface area contributed by atoms with Crippen molar-refractivity contribution in [3.63, 3.8) is 0 Å². The van der Waals surface area contributed by atoms with Gasteiger partial charge in [0.2, 0.25) is 0 Å². The molecule has 2 nitrogen and oxygen atoms in total. The Kier molecular flexibility index (Phi) is 2.92. The van der Waals surface area contributed by atoms with Gasteiger partial charge in [0.05, 0.1) is 21.7 Å². The molecule has 0 fully saturated rings. The van der Waals surface area contributed by atoms with E-state index < -0.39 is 0 Å². The van der Waals surface area contributed by atoms with Crippen LogP contribution in [0, 0.1) is 17.5 Å². The second-order valence-electron chi connectivity index (χ2n) is 4.38. The third-order valence-electron chi connectivity index (χ3n) is 2.99. The molecule has 1 N–H and O–H groups in total. The number of fused-ring (bicyclic) bond motifs is 1. The van der Waals surface area contributed by atoms with Crippen LogP contribution in [0.15, 0.2) is 36.4 Å². The fourth-order valence-corrected chi connectivity index (χ4v) is 2.74. The molecule has 3 rings (SSSR count). The molecule has 19 heavy (non-hydrogen) atoms. The van der Waals surface area contributed by atoms with E-state index in [2.05, 4.69) is 4.98 Å². The van der Waals surface area contributed by atoms with Gasteiger partial charge in [0, 0.05) is 0 Å². The number of H-pyrrole nitrogens is 1. The van der Waals surface area contributed by atoms with Crippen LogP contribution in [0.1, 0.15) is 5.56 Å². The lowest BCUT2D eigenvalue weighted by atomic mass is 10.2. The molecule has 0 aliphatic heterocycles. The lowest BCUT2D eigenvalue weighted by molar-refractivity contribution is 0.629. The van der Waals surface area contributed by atoms with Gasteiger partial charge in [-0.3, -0.25) is 4.57 Å². The normalized spacial score (nSPS) is 11.1. The molecular formula is C14H10ClFN2S. The molecule has 0 aliphatic rings. The molecule has 5 heteroatoms. The maximum atomic E-state index is 13.2. The number of aromatic nitrogens is 2. The Morgan fingerprint density at radius 2 is 2.00 bits per heavy atom. The van der Waals surface area contributed by atoms with Crippen molar-refractivity contribution in [3.8, 4) is 5.69 Å². The quantitative estimate of drug-likeness (QED) is 0.640. The Bertz CT molecular complexity index is 835. The van der Waals surface area contributed by atoms with E-state index in [4.69, 9.17) is 23.8 Å². The summed E-state index contributed by atoms with van der Waals surface area (Å²) in [7, 11) is 0. The zero-order chi connectivity index (χ0) is 13.6. The summed E-state index contributed by atoms with van der Waals surface area (Å²) in [5, 5.41) is 0.612. The predicted octanol–water partition coefficient (Wildman–Crippen LogP) is 4.79. The predicted molar refractivity (Wildman–Crippen MR) is 78.2 cm³/mol. The molecule has 0 radical (unpaired) electrons. The molecular weight excluding hydrogens is 283 g/mol. The van der Waals surface area contributed by atoms with Crippen LogP contribution in [-0.4, -0.2) is 9.55 Å². The van der Waals surface area contributed by atoms with E-state index in [-0.39, 0.29) is 5.82 Å². The molecule has 0 bridgehead atoms. The summed E-state index contributed by atoms with van der Waals surface area (Å²) in [6.45, 7) is 1.97. The van der Waals surface area contributed by atoms with Crippen molar-refractivity contribution in [3.05, 3.63) is 57.6 Å². The highest BCUT2D eigenvalue weighted by Gasteiger charge is 2.10. The summed E-state index contributed by atoms with van der Waals surface area (Å²) >= 11 is 11.6. The number of imidazole rings is 1. The molecule has 1 aromatic heterocycles. The minimum atomic E-state index is -0.300. The summed E-state index contributed by atoms with van der Waals surface area (Å²) in [4.78, 5) is 2.99. The van der Waals surface area contributed by atoms with Crippen LogP contribution in [0.4, 0.5) is 4.39 Å². The molecule has 1 heterocycles. The van der Waals surface area contributed by atoms with Crippen LogP contribution in [0.3, 0.4) is 0 Å². The molecule has 0 spiro atoms. The van der Waals surface area contributed by atoms with Gasteiger partial charge in [-0.15, -0.1) is 0 Å². The topological polar surface area (TPSA) is 20.7 Å². The largest absolute Gasteiger partial charge is 0.330 e. The number of nitrogens with zero attached hydrogens (tertiary/aromatic N) is 1. The van der Waals surface area contributed by atoms with Crippen LogP contribution in [-0.2, 0) is 0 Å². The molecule has 0 atom stereocenters. The van der Waals surface area contributed by atoms with Crippen LogP contribution >= 0.6 is 23.8 Å². The maximum absolute atomic E-state index is 13.2. The van der Waals surface area contributed by atoms with Crippen molar-refractivity contribution < 1.29 is 4.39 Å². The summed E-state index contributed by atoms with van der Waals surface area (Å²) in [5.41, 5.74) is 3.32. The van der Waals surface area contributed by atoms with Crippen molar-refractivity contribution in [1.82, 2.24) is 9.55 Å². The number of hydrogen-bond donors (Lipinski definition) is 1. The number of rotatable bonds is 1. The zero-order valence-electron chi connectivity index (χ0n) is 10.1. The average molecular weight is 293 g/mol. The number of aryl methyl sites for hydroxylation is 1. The van der Waals surface area contributed by atoms with E-state index >= 15 is 0 Å². The van der Waals surface area contributed by atoms with Crippen molar-refractivity contribution >= 4 is 34.9 Å². The summed E-state index contributed by atoms with van der Waals surface area (Å²) < 4.78 is 15.5. The molecule has 0 saturated carbocycles. The molecule has 0 saturated heterocycles. The fourth-order valence-electron chi connectivity index (χ4n) is 2.12. The zero-order valence-corrected chi connectivity index (χ0v) is 11.6. The van der Waals surface area contributed by atoms with Gasteiger partial charge in [-0.2, -0.15) is 0 Å². The SMILES string of the molecule is Cc1ccc(-n2c(=S)[nH]c3cc(F)ccc32)c(Cl)c1. The lowest BCUT2D eigenvalue weighted by Crippen LogP contribution is -1.95. The van der Waals surface area contributed by atoms with Gasteiger partial charge < -0.3 is 4.98 Å². The van der Waals surface area contributed by atoms with Crippen LogP contribution in [0.5, 0.6) is 0 Å². The maximum Gasteiger partial charge on any atom is 0.182 e. The van der Waals surface area contributed by atoms with Gasteiger partial charge in [-0.05, 0) is 55.0 Å². The minimum Gasteiger partial charge on any atom is -0.330 e. The Labute approximate surface area is 119 Å². The number of hydrogen-bond acceptors (Lipinski definition) is 1.